The van der Waals surface area contributed by atoms with Crippen LogP contribution in [0.2, 0.25) is 5.02 Å². The summed E-state index contributed by atoms with van der Waals surface area (Å²) in [5, 5.41) is 0.409. The molecule has 3 aromatic carbocycles. The van der Waals surface area contributed by atoms with E-state index >= 15 is 0 Å². The molecule has 0 radical (unpaired) electrons. The SMILES string of the molecule is CCCN(CC(=O)N(Cc1ccc(OC)cc1)C1CCN(C(=O)c2ccccc2Cl)CC1)S(=O)(=O)c1ccccc1. The third-order valence-electron chi connectivity index (χ3n) is 7.29. The van der Waals surface area contributed by atoms with Gasteiger partial charge in [-0.1, -0.05) is 61.0 Å². The molecule has 218 valence electrons. The summed E-state index contributed by atoms with van der Waals surface area (Å²) in [4.78, 5) is 30.7. The normalized spacial score (nSPS) is 14.2. The fourth-order valence-electron chi connectivity index (χ4n) is 5.05. The lowest BCUT2D eigenvalue weighted by molar-refractivity contribution is -0.135. The zero-order chi connectivity index (χ0) is 29.4. The summed E-state index contributed by atoms with van der Waals surface area (Å²) in [5.74, 6) is 0.302. The molecule has 0 aliphatic carbocycles. The highest BCUT2D eigenvalue weighted by molar-refractivity contribution is 7.89. The van der Waals surface area contributed by atoms with Crippen LogP contribution >= 0.6 is 11.6 Å². The number of hydrogen-bond donors (Lipinski definition) is 0. The average molecular weight is 598 g/mol. The Morgan fingerprint density at radius 3 is 2.20 bits per heavy atom. The van der Waals surface area contributed by atoms with Gasteiger partial charge in [-0.15, -0.1) is 0 Å². The topological polar surface area (TPSA) is 87.2 Å². The molecule has 0 atom stereocenters. The number of carbonyl (C=O) groups is 2. The summed E-state index contributed by atoms with van der Waals surface area (Å²) in [6.45, 7) is 3.09. The van der Waals surface area contributed by atoms with Gasteiger partial charge in [-0.2, -0.15) is 4.31 Å². The minimum atomic E-state index is -3.86. The van der Waals surface area contributed by atoms with Crippen LogP contribution in [0.5, 0.6) is 5.75 Å². The van der Waals surface area contributed by atoms with Gasteiger partial charge in [-0.05, 0) is 61.2 Å². The van der Waals surface area contributed by atoms with E-state index in [1.807, 2.05) is 31.2 Å². The van der Waals surface area contributed by atoms with E-state index in [1.54, 1.807) is 71.5 Å². The number of benzene rings is 3. The predicted octanol–water partition coefficient (Wildman–Crippen LogP) is 5.08. The molecule has 0 bridgehead atoms. The smallest absolute Gasteiger partial charge is 0.255 e. The number of likely N-dealkylation sites (tertiary alicyclic amines) is 1. The Morgan fingerprint density at radius 2 is 1.59 bits per heavy atom. The molecule has 1 saturated heterocycles. The highest BCUT2D eigenvalue weighted by atomic mass is 35.5. The highest BCUT2D eigenvalue weighted by Gasteiger charge is 2.33. The van der Waals surface area contributed by atoms with Crippen molar-refractivity contribution < 1.29 is 22.7 Å². The molecule has 0 saturated carbocycles. The monoisotopic (exact) mass is 597 g/mol. The largest absolute Gasteiger partial charge is 0.497 e. The van der Waals surface area contributed by atoms with Gasteiger partial charge in [-0.25, -0.2) is 8.42 Å². The first kappa shape index (κ1) is 30.6. The van der Waals surface area contributed by atoms with Crippen LogP contribution in [0.25, 0.3) is 0 Å². The van der Waals surface area contributed by atoms with Crippen LogP contribution in [0.3, 0.4) is 0 Å². The fraction of sp³-hybridized carbons (Fsp3) is 0.355. The molecule has 1 heterocycles. The lowest BCUT2D eigenvalue weighted by atomic mass is 10.0. The number of methoxy groups -OCH3 is 1. The Labute approximate surface area is 247 Å². The highest BCUT2D eigenvalue weighted by Crippen LogP contribution is 2.25. The number of amides is 2. The van der Waals surface area contributed by atoms with E-state index in [0.29, 0.717) is 55.2 Å². The number of ether oxygens (including phenoxy) is 1. The van der Waals surface area contributed by atoms with Crippen molar-refractivity contribution in [1.82, 2.24) is 14.1 Å². The van der Waals surface area contributed by atoms with Gasteiger partial charge < -0.3 is 14.5 Å². The van der Waals surface area contributed by atoms with Crippen molar-refractivity contribution >= 4 is 33.4 Å². The second-order valence-electron chi connectivity index (χ2n) is 10.0. The maximum Gasteiger partial charge on any atom is 0.255 e. The molecular formula is C31H36ClN3O5S. The molecule has 1 fully saturated rings. The van der Waals surface area contributed by atoms with E-state index in [9.17, 15) is 18.0 Å². The van der Waals surface area contributed by atoms with Gasteiger partial charge in [0.25, 0.3) is 5.91 Å². The van der Waals surface area contributed by atoms with Gasteiger partial charge in [0.2, 0.25) is 15.9 Å². The van der Waals surface area contributed by atoms with E-state index in [4.69, 9.17) is 16.3 Å². The van der Waals surface area contributed by atoms with E-state index in [0.717, 1.165) is 5.56 Å². The van der Waals surface area contributed by atoms with E-state index in [-0.39, 0.29) is 35.8 Å². The number of nitrogens with zero attached hydrogens (tertiary/aromatic N) is 3. The molecule has 1 aliphatic heterocycles. The van der Waals surface area contributed by atoms with Crippen molar-refractivity contribution in [3.63, 3.8) is 0 Å². The molecule has 10 heteroatoms. The summed E-state index contributed by atoms with van der Waals surface area (Å²) in [5.41, 5.74) is 1.36. The molecule has 8 nitrogen and oxygen atoms in total. The van der Waals surface area contributed by atoms with Crippen LogP contribution in [0.1, 0.15) is 42.1 Å². The Morgan fingerprint density at radius 1 is 0.951 bits per heavy atom. The van der Waals surface area contributed by atoms with Gasteiger partial charge >= 0.3 is 0 Å². The van der Waals surface area contributed by atoms with Gasteiger partial charge in [0.1, 0.15) is 5.75 Å². The Hall–Kier alpha value is -3.40. The van der Waals surface area contributed by atoms with Gasteiger partial charge in [-0.3, -0.25) is 9.59 Å². The fourth-order valence-corrected chi connectivity index (χ4v) is 6.77. The zero-order valence-corrected chi connectivity index (χ0v) is 25.0. The number of sulfonamides is 1. The first-order valence-corrected chi connectivity index (χ1v) is 15.6. The van der Waals surface area contributed by atoms with Crippen LogP contribution in [-0.4, -0.2) is 73.7 Å². The number of hydrogen-bond acceptors (Lipinski definition) is 5. The van der Waals surface area contributed by atoms with Crippen LogP contribution in [0.4, 0.5) is 0 Å². The molecule has 0 unspecified atom stereocenters. The first-order valence-electron chi connectivity index (χ1n) is 13.8. The first-order chi connectivity index (χ1) is 19.7. The lowest BCUT2D eigenvalue weighted by Gasteiger charge is -2.39. The molecule has 2 amide bonds. The molecule has 0 aromatic heterocycles. The second kappa shape index (κ2) is 14.0. The number of carbonyl (C=O) groups excluding carboxylic acids is 2. The summed E-state index contributed by atoms with van der Waals surface area (Å²) >= 11 is 6.26. The van der Waals surface area contributed by atoms with Crippen molar-refractivity contribution in [2.24, 2.45) is 0 Å². The molecule has 1 aliphatic rings. The number of halogens is 1. The van der Waals surface area contributed by atoms with E-state index in [1.165, 1.54) is 4.31 Å². The van der Waals surface area contributed by atoms with E-state index in [2.05, 4.69) is 0 Å². The third-order valence-corrected chi connectivity index (χ3v) is 9.48. The minimum Gasteiger partial charge on any atom is -0.497 e. The molecule has 0 N–H and O–H groups in total. The quantitative estimate of drug-likeness (QED) is 0.308. The van der Waals surface area contributed by atoms with Crippen molar-refractivity contribution in [1.29, 1.82) is 0 Å². The van der Waals surface area contributed by atoms with Crippen LogP contribution in [-0.2, 0) is 21.4 Å². The standard InChI is InChI=1S/C31H36ClN3O5S/c1-3-19-34(41(38,39)27-9-5-4-6-10-27)23-30(36)35(22-24-13-15-26(40-2)16-14-24)25-17-20-33(21-18-25)31(37)28-11-7-8-12-29(28)32/h4-16,25H,3,17-23H2,1-2H3. The Bertz CT molecular complexity index is 1430. The third kappa shape index (κ3) is 7.47. The average Bonchev–Trinajstić information content (AvgIpc) is 3.00. The van der Waals surface area contributed by atoms with Crippen LogP contribution < -0.4 is 4.74 Å². The maximum atomic E-state index is 13.9. The van der Waals surface area contributed by atoms with Crippen molar-refractivity contribution in [3.8, 4) is 5.75 Å². The zero-order valence-electron chi connectivity index (χ0n) is 23.4. The van der Waals surface area contributed by atoms with Crippen molar-refractivity contribution in [2.45, 2.75) is 43.7 Å². The maximum absolute atomic E-state index is 13.9. The summed E-state index contributed by atoms with van der Waals surface area (Å²) in [6.07, 6.45) is 1.70. The molecule has 3 aromatic rings. The summed E-state index contributed by atoms with van der Waals surface area (Å²) in [7, 11) is -2.26. The summed E-state index contributed by atoms with van der Waals surface area (Å²) < 4.78 is 33.4. The number of rotatable bonds is 11. The molecule has 0 spiro atoms. The number of piperidine rings is 1. The van der Waals surface area contributed by atoms with Gasteiger partial charge in [0.15, 0.2) is 0 Å². The van der Waals surface area contributed by atoms with Crippen LogP contribution in [0, 0.1) is 0 Å². The van der Waals surface area contributed by atoms with Crippen molar-refractivity contribution in [2.75, 3.05) is 33.3 Å². The second-order valence-corrected chi connectivity index (χ2v) is 12.4. The minimum absolute atomic E-state index is 0.134. The predicted molar refractivity (Wildman–Crippen MR) is 159 cm³/mol. The van der Waals surface area contributed by atoms with Gasteiger partial charge in [0.05, 0.1) is 29.1 Å². The molecule has 41 heavy (non-hydrogen) atoms. The lowest BCUT2D eigenvalue weighted by Crippen LogP contribution is -2.51. The van der Waals surface area contributed by atoms with E-state index < -0.39 is 10.0 Å². The van der Waals surface area contributed by atoms with Crippen LogP contribution in [0.15, 0.2) is 83.8 Å². The Balaban J connectivity index is 1.54. The molecular weight excluding hydrogens is 562 g/mol. The van der Waals surface area contributed by atoms with Crippen molar-refractivity contribution in [3.05, 3.63) is 95.0 Å². The molecule has 4 rings (SSSR count). The Kier molecular flexibility index (Phi) is 10.4. The van der Waals surface area contributed by atoms with Gasteiger partial charge in [0, 0.05) is 32.2 Å². The summed E-state index contributed by atoms with van der Waals surface area (Å²) in [6, 6.07) is 22.5.